The maximum Gasteiger partial charge on any atom is 0.416 e. The van der Waals surface area contributed by atoms with E-state index in [4.69, 9.17) is 4.74 Å². The molecule has 0 atom stereocenters. The van der Waals surface area contributed by atoms with Gasteiger partial charge in [-0.2, -0.15) is 18.3 Å². The van der Waals surface area contributed by atoms with E-state index >= 15 is 0 Å². The zero-order valence-corrected chi connectivity index (χ0v) is 18.7. The Morgan fingerprint density at radius 2 is 1.73 bits per heavy atom. The predicted octanol–water partition coefficient (Wildman–Crippen LogP) is 4.33. The van der Waals surface area contributed by atoms with Gasteiger partial charge in [-0.3, -0.25) is 9.59 Å². The molecule has 0 aliphatic heterocycles. The van der Waals surface area contributed by atoms with Crippen LogP contribution in [-0.2, 0) is 6.18 Å². The number of amides is 1. The van der Waals surface area contributed by atoms with Gasteiger partial charge in [0.2, 0.25) is 5.43 Å². The van der Waals surface area contributed by atoms with Gasteiger partial charge in [-0.1, -0.05) is 12.1 Å². The van der Waals surface area contributed by atoms with Gasteiger partial charge in [0.05, 0.1) is 17.8 Å². The number of hydrogen-bond acceptors (Lipinski definition) is 4. The second-order valence-corrected chi connectivity index (χ2v) is 7.86. The monoisotopic (exact) mass is 459 g/mol. The minimum absolute atomic E-state index is 0.0946. The first-order chi connectivity index (χ1) is 15.5. The fourth-order valence-corrected chi connectivity index (χ4v) is 3.37. The third-order valence-electron chi connectivity index (χ3n) is 4.97. The van der Waals surface area contributed by atoms with E-state index in [2.05, 4.69) is 5.10 Å². The van der Waals surface area contributed by atoms with Crippen molar-refractivity contribution in [2.24, 2.45) is 0 Å². The number of halogens is 3. The molecule has 6 nitrogen and oxygen atoms in total. The Hall–Kier alpha value is -3.62. The third-order valence-corrected chi connectivity index (χ3v) is 4.97. The molecular weight excluding hydrogens is 435 g/mol. The largest absolute Gasteiger partial charge is 0.492 e. The molecule has 0 radical (unpaired) electrons. The lowest BCUT2D eigenvalue weighted by atomic mass is 10.1. The fraction of sp³-hybridized carbons (Fsp3) is 0.292. The van der Waals surface area contributed by atoms with E-state index in [1.54, 1.807) is 0 Å². The zero-order chi connectivity index (χ0) is 24.3. The highest BCUT2D eigenvalue weighted by Crippen LogP contribution is 2.30. The number of rotatable bonds is 6. The summed E-state index contributed by atoms with van der Waals surface area (Å²) in [7, 11) is 1.50. The van der Waals surface area contributed by atoms with Crippen molar-refractivity contribution in [1.29, 1.82) is 0 Å². The van der Waals surface area contributed by atoms with Gasteiger partial charge in [0.1, 0.15) is 12.4 Å². The summed E-state index contributed by atoms with van der Waals surface area (Å²) in [6.07, 6.45) is -4.53. The Morgan fingerprint density at radius 3 is 2.36 bits per heavy atom. The lowest BCUT2D eigenvalue weighted by molar-refractivity contribution is -0.137. The number of carbonyl (C=O) groups excluding carboxylic acids is 1. The molecule has 0 saturated carbocycles. The molecular formula is C24H24F3N3O3. The maximum atomic E-state index is 13.1. The molecule has 0 N–H and O–H groups in total. The molecule has 174 valence electrons. The van der Waals surface area contributed by atoms with Crippen LogP contribution in [0.1, 0.15) is 32.9 Å². The zero-order valence-electron chi connectivity index (χ0n) is 18.7. The number of hydrogen-bond donors (Lipinski definition) is 0. The Morgan fingerprint density at radius 1 is 1.06 bits per heavy atom. The van der Waals surface area contributed by atoms with Crippen molar-refractivity contribution < 1.29 is 22.7 Å². The first-order valence-electron chi connectivity index (χ1n) is 10.2. The Balaban J connectivity index is 1.80. The number of benzene rings is 2. The Kier molecular flexibility index (Phi) is 6.90. The molecule has 0 fully saturated rings. The lowest BCUT2D eigenvalue weighted by Crippen LogP contribution is -2.36. The van der Waals surface area contributed by atoms with Gasteiger partial charge in [-0.15, -0.1) is 0 Å². The number of likely N-dealkylation sites (N-methyl/N-ethyl adjacent to an activating group) is 1. The summed E-state index contributed by atoms with van der Waals surface area (Å²) < 4.78 is 46.1. The molecule has 0 bridgehead atoms. The van der Waals surface area contributed by atoms with Gasteiger partial charge in [0.25, 0.3) is 5.91 Å². The second-order valence-electron chi connectivity index (χ2n) is 7.86. The fourth-order valence-electron chi connectivity index (χ4n) is 3.37. The molecule has 0 aliphatic carbocycles. The minimum Gasteiger partial charge on any atom is -0.492 e. The maximum absolute atomic E-state index is 13.1. The van der Waals surface area contributed by atoms with E-state index in [-0.39, 0.29) is 24.5 Å². The molecule has 0 aliphatic rings. The normalized spacial score (nSPS) is 11.4. The molecule has 0 unspecified atom stereocenters. The van der Waals surface area contributed by atoms with Gasteiger partial charge in [0, 0.05) is 18.8 Å². The predicted molar refractivity (Wildman–Crippen MR) is 118 cm³/mol. The van der Waals surface area contributed by atoms with Gasteiger partial charge in [0.15, 0.2) is 5.69 Å². The van der Waals surface area contributed by atoms with Gasteiger partial charge in [-0.25, -0.2) is 4.68 Å². The minimum atomic E-state index is -4.53. The first-order valence-corrected chi connectivity index (χ1v) is 10.2. The summed E-state index contributed by atoms with van der Waals surface area (Å²) >= 11 is 0. The average Bonchev–Trinajstić information content (AvgIpc) is 2.72. The number of aryl methyl sites for hydroxylation is 3. The summed E-state index contributed by atoms with van der Waals surface area (Å²) in [5, 5.41) is 4.08. The van der Waals surface area contributed by atoms with Crippen LogP contribution in [0.3, 0.4) is 0 Å². The number of aromatic nitrogens is 2. The van der Waals surface area contributed by atoms with Crippen LogP contribution in [0.4, 0.5) is 13.2 Å². The smallest absolute Gasteiger partial charge is 0.416 e. The standard InChI is InChI=1S/C24H24F3N3O3/c1-15-10-16(2)12-20(11-15)33-9-8-29(4)23(32)22-21(31)13-17(3)30(28-22)19-7-5-6-18(14-19)24(25,26)27/h5-7,10-14H,8-9H2,1-4H3. The van der Waals surface area contributed by atoms with Crippen molar-refractivity contribution in [1.82, 2.24) is 14.7 Å². The number of ether oxygens (including phenoxy) is 1. The van der Waals surface area contributed by atoms with Crippen LogP contribution in [0.25, 0.3) is 5.69 Å². The topological polar surface area (TPSA) is 64.4 Å². The van der Waals surface area contributed by atoms with Crippen LogP contribution in [0.15, 0.2) is 53.3 Å². The summed E-state index contributed by atoms with van der Waals surface area (Å²) in [5.74, 6) is 0.0264. The quantitative estimate of drug-likeness (QED) is 0.551. The van der Waals surface area contributed by atoms with Crippen molar-refractivity contribution in [3.8, 4) is 11.4 Å². The highest BCUT2D eigenvalue weighted by Gasteiger charge is 2.30. The molecule has 33 heavy (non-hydrogen) atoms. The van der Waals surface area contributed by atoms with E-state index in [1.807, 2.05) is 32.0 Å². The molecule has 3 aromatic rings. The van der Waals surface area contributed by atoms with Gasteiger partial charge in [-0.05, 0) is 62.2 Å². The highest BCUT2D eigenvalue weighted by molar-refractivity contribution is 5.91. The van der Waals surface area contributed by atoms with Crippen LogP contribution in [0.5, 0.6) is 5.75 Å². The molecule has 1 amide bonds. The Labute approximate surface area is 189 Å². The van der Waals surface area contributed by atoms with Crippen molar-refractivity contribution >= 4 is 5.91 Å². The van der Waals surface area contributed by atoms with Crippen molar-refractivity contribution in [2.45, 2.75) is 26.9 Å². The average molecular weight is 459 g/mol. The third kappa shape index (κ3) is 5.79. The van der Waals surface area contributed by atoms with Crippen LogP contribution in [-0.4, -0.2) is 40.8 Å². The molecule has 0 saturated heterocycles. The van der Waals surface area contributed by atoms with Crippen LogP contribution < -0.4 is 10.2 Å². The SMILES string of the molecule is Cc1cc(C)cc(OCCN(C)C(=O)c2nn(-c3cccc(C(F)(F)F)c3)c(C)cc2=O)c1. The van der Waals surface area contributed by atoms with Crippen molar-refractivity contribution in [3.63, 3.8) is 0 Å². The molecule has 2 aromatic carbocycles. The molecule has 0 spiro atoms. The van der Waals surface area contributed by atoms with E-state index in [9.17, 15) is 22.8 Å². The van der Waals surface area contributed by atoms with Gasteiger partial charge >= 0.3 is 6.18 Å². The molecule has 1 heterocycles. The van der Waals surface area contributed by atoms with Crippen molar-refractivity contribution in [2.75, 3.05) is 20.2 Å². The second kappa shape index (κ2) is 9.48. The highest BCUT2D eigenvalue weighted by atomic mass is 19.4. The molecule has 9 heteroatoms. The van der Waals surface area contributed by atoms with Crippen LogP contribution >= 0.6 is 0 Å². The first kappa shape index (κ1) is 24.0. The number of alkyl halides is 3. The van der Waals surface area contributed by atoms with Crippen LogP contribution in [0.2, 0.25) is 0 Å². The number of carbonyl (C=O) groups is 1. The summed E-state index contributed by atoms with van der Waals surface area (Å²) in [4.78, 5) is 26.6. The van der Waals surface area contributed by atoms with E-state index in [0.29, 0.717) is 11.4 Å². The summed E-state index contributed by atoms with van der Waals surface area (Å²) in [5.41, 5.74) is 0.652. The van der Waals surface area contributed by atoms with Crippen LogP contribution in [0, 0.1) is 20.8 Å². The molecule has 3 rings (SSSR count). The van der Waals surface area contributed by atoms with E-state index in [0.717, 1.165) is 27.9 Å². The summed E-state index contributed by atoms with van der Waals surface area (Å²) in [6.45, 7) is 5.81. The van der Waals surface area contributed by atoms with Gasteiger partial charge < -0.3 is 9.64 Å². The lowest BCUT2D eigenvalue weighted by Gasteiger charge is -2.18. The Bertz CT molecular complexity index is 1220. The van der Waals surface area contributed by atoms with Crippen molar-refractivity contribution in [3.05, 3.63) is 86.8 Å². The molecule has 1 aromatic heterocycles. The van der Waals surface area contributed by atoms with E-state index in [1.165, 1.54) is 37.1 Å². The number of nitrogens with zero attached hydrogens (tertiary/aromatic N) is 3. The summed E-state index contributed by atoms with van der Waals surface area (Å²) in [6, 6.07) is 11.5. The van der Waals surface area contributed by atoms with E-state index < -0.39 is 23.1 Å².